The fourth-order valence-electron chi connectivity index (χ4n) is 7.81. The summed E-state index contributed by atoms with van der Waals surface area (Å²) in [6, 6.07) is 12.7. The fourth-order valence-corrected chi connectivity index (χ4v) is 8.42. The second kappa shape index (κ2) is 14.3. The van der Waals surface area contributed by atoms with E-state index in [-0.39, 0.29) is 51.2 Å². The Balaban J connectivity index is 1.30. The molecule has 3 N–H and O–H groups in total. The van der Waals surface area contributed by atoms with Crippen molar-refractivity contribution in [2.75, 3.05) is 52.9 Å². The van der Waals surface area contributed by atoms with Crippen LogP contribution in [-0.2, 0) is 20.8 Å². The molecule has 5 heterocycles. The Hall–Kier alpha value is -3.57. The molecule has 7 rings (SSSR count). The van der Waals surface area contributed by atoms with Gasteiger partial charge in [-0.25, -0.2) is 9.59 Å². The number of piperazine rings is 1. The predicted octanol–water partition coefficient (Wildman–Crippen LogP) is 4.63. The zero-order valence-corrected chi connectivity index (χ0v) is 27.9. The Kier molecular flexibility index (Phi) is 10.1. The van der Waals surface area contributed by atoms with Crippen molar-refractivity contribution >= 4 is 41.0 Å². The van der Waals surface area contributed by atoms with Crippen molar-refractivity contribution in [3.05, 3.63) is 86.2 Å². The number of hydrogen-bond donors (Lipinski definition) is 3. The smallest absolute Gasteiger partial charge is 0.334 e. The predicted molar refractivity (Wildman–Crippen MR) is 179 cm³/mol. The van der Waals surface area contributed by atoms with Crippen molar-refractivity contribution in [3.63, 3.8) is 0 Å². The minimum atomic E-state index is -1.35. The van der Waals surface area contributed by atoms with Crippen LogP contribution in [0.5, 0.6) is 5.75 Å². The van der Waals surface area contributed by atoms with Gasteiger partial charge in [0.05, 0.1) is 30.6 Å². The lowest BCUT2D eigenvalue weighted by Gasteiger charge is -2.51. The number of aryl methyl sites for hydroxylation is 1. The lowest BCUT2D eigenvalue weighted by atomic mass is 9.78. The number of nitrogens with zero attached hydrogens (tertiary/aromatic N) is 3. The third kappa shape index (κ3) is 6.88. The number of halogens is 2. The number of ether oxygens (including phenoxy) is 1. The highest BCUT2D eigenvalue weighted by molar-refractivity contribution is 6.36. The molecule has 250 valence electrons. The molecule has 12 heteroatoms. The first-order valence-corrected chi connectivity index (χ1v) is 16.9. The van der Waals surface area contributed by atoms with E-state index in [9.17, 15) is 24.6 Å². The van der Waals surface area contributed by atoms with E-state index in [1.54, 1.807) is 30.2 Å². The molecule has 0 radical (unpaired) electrons. The van der Waals surface area contributed by atoms with Gasteiger partial charge < -0.3 is 30.1 Å². The second-order valence-electron chi connectivity index (χ2n) is 12.7. The van der Waals surface area contributed by atoms with Crippen molar-refractivity contribution in [2.45, 2.75) is 44.1 Å². The zero-order valence-electron chi connectivity index (χ0n) is 26.4. The molecule has 0 spiro atoms. The Labute approximate surface area is 284 Å². The van der Waals surface area contributed by atoms with Gasteiger partial charge >= 0.3 is 11.9 Å². The maximum absolute atomic E-state index is 13.8. The number of dihydropyridines is 1. The molecule has 2 aromatic rings. The van der Waals surface area contributed by atoms with Crippen LogP contribution < -0.4 is 10.1 Å². The summed E-state index contributed by atoms with van der Waals surface area (Å²) < 4.78 is 5.50. The Morgan fingerprint density at radius 3 is 2.09 bits per heavy atom. The monoisotopic (exact) mass is 682 g/mol. The van der Waals surface area contributed by atoms with Gasteiger partial charge in [0.15, 0.2) is 0 Å². The molecule has 0 saturated carbocycles. The summed E-state index contributed by atoms with van der Waals surface area (Å²) in [5.74, 6) is -2.82. The van der Waals surface area contributed by atoms with Crippen molar-refractivity contribution in [3.8, 4) is 5.75 Å². The average molecular weight is 684 g/mol. The number of para-hydroxylation sites is 1. The second-order valence-corrected chi connectivity index (χ2v) is 13.5. The van der Waals surface area contributed by atoms with E-state index in [1.807, 2.05) is 24.3 Å². The molecule has 1 amide bonds. The number of carbonyl (C=O) groups excluding carboxylic acids is 1. The number of benzene rings is 2. The van der Waals surface area contributed by atoms with E-state index in [0.29, 0.717) is 42.9 Å². The minimum absolute atomic E-state index is 0.139. The molecule has 2 aromatic carbocycles. The number of carbonyl (C=O) groups is 3. The van der Waals surface area contributed by atoms with Crippen LogP contribution >= 0.6 is 23.2 Å². The first-order chi connectivity index (χ1) is 22.7. The highest BCUT2D eigenvalue weighted by Gasteiger charge is 2.42. The molecule has 5 aliphatic heterocycles. The van der Waals surface area contributed by atoms with Crippen LogP contribution in [0.15, 0.2) is 65.0 Å². The summed E-state index contributed by atoms with van der Waals surface area (Å²) in [5.41, 5.74) is 1.05. The number of aliphatic carboxylic acids is 2. The number of amides is 1. The summed E-state index contributed by atoms with van der Waals surface area (Å²) >= 11 is 13.2. The normalized spacial score (nSPS) is 24.7. The lowest BCUT2D eigenvalue weighted by Crippen LogP contribution is -2.61. The van der Waals surface area contributed by atoms with E-state index in [1.165, 1.54) is 25.9 Å². The van der Waals surface area contributed by atoms with Crippen LogP contribution in [0.2, 0.25) is 10.0 Å². The first-order valence-electron chi connectivity index (χ1n) is 16.2. The number of methoxy groups -OCH3 is 1. The average Bonchev–Trinajstić information content (AvgIpc) is 3.07. The van der Waals surface area contributed by atoms with Crippen molar-refractivity contribution < 1.29 is 29.3 Å². The van der Waals surface area contributed by atoms with E-state index >= 15 is 0 Å². The third-order valence-corrected chi connectivity index (χ3v) is 10.9. The topological polar surface area (TPSA) is 123 Å². The maximum Gasteiger partial charge on any atom is 0.334 e. The number of allylic oxidation sites excluding steroid dienone is 1. The number of nitrogens with one attached hydrogen (secondary N) is 1. The van der Waals surface area contributed by atoms with Gasteiger partial charge in [-0.1, -0.05) is 47.5 Å². The van der Waals surface area contributed by atoms with E-state index in [2.05, 4.69) is 15.1 Å². The zero-order chi connectivity index (χ0) is 33.2. The number of piperidine rings is 3. The summed E-state index contributed by atoms with van der Waals surface area (Å²) in [6.07, 6.45) is 2.83. The number of carboxylic acids is 2. The molecule has 2 bridgehead atoms. The quantitative estimate of drug-likeness (QED) is 0.329. The molecule has 2 atom stereocenters. The Morgan fingerprint density at radius 2 is 1.49 bits per heavy atom. The van der Waals surface area contributed by atoms with E-state index < -0.39 is 17.9 Å². The Bertz CT molecular complexity index is 1590. The molecule has 0 aromatic heterocycles. The molecular weight excluding hydrogens is 643 g/mol. The van der Waals surface area contributed by atoms with Gasteiger partial charge in [-0.2, -0.15) is 0 Å². The standard InChI is InChI=1S/C35H40Cl2N4O6/c1-47-28-8-3-2-5-22(28)9-10-25-31(34(43)44)33(30-23(36)6-4-7-24(30)37)32(35(45)46)26(38-25)19-29(42)41-17-15-40(16-18-41)27-20-39-13-11-21(27)12-14-39/h2-8,21,27,33,38H,9-20H2,1H3,(H,43,44)(H,45,46). The first kappa shape index (κ1) is 33.3. The molecule has 4 fully saturated rings. The van der Waals surface area contributed by atoms with Gasteiger partial charge in [0.1, 0.15) is 5.75 Å². The SMILES string of the molecule is COc1ccccc1CCC1=C(C(=O)O)C(c2c(Cl)cccc2Cl)C(C(=O)O)=C(CC(=O)N2CCN(C3CN4CCC3CC4)CC2)N1. The summed E-state index contributed by atoms with van der Waals surface area (Å²) in [4.78, 5) is 46.6. The van der Waals surface area contributed by atoms with Gasteiger partial charge in [0, 0.05) is 65.8 Å². The van der Waals surface area contributed by atoms with Gasteiger partial charge in [-0.05, 0) is 68.5 Å². The molecule has 0 aliphatic carbocycles. The van der Waals surface area contributed by atoms with Gasteiger partial charge in [0.25, 0.3) is 0 Å². The molecule has 5 aliphatic rings. The molecule has 47 heavy (non-hydrogen) atoms. The number of rotatable bonds is 10. The van der Waals surface area contributed by atoms with Gasteiger partial charge in [-0.15, -0.1) is 0 Å². The largest absolute Gasteiger partial charge is 0.496 e. The summed E-state index contributed by atoms with van der Waals surface area (Å²) in [7, 11) is 1.57. The van der Waals surface area contributed by atoms with Crippen molar-refractivity contribution in [2.24, 2.45) is 5.92 Å². The van der Waals surface area contributed by atoms with Crippen LogP contribution in [0.25, 0.3) is 0 Å². The fraction of sp³-hybridized carbons (Fsp3) is 0.457. The number of hydrogen-bond acceptors (Lipinski definition) is 7. The van der Waals surface area contributed by atoms with Gasteiger partial charge in [0.2, 0.25) is 5.91 Å². The molecular formula is C35H40Cl2N4O6. The third-order valence-electron chi connectivity index (χ3n) is 10.2. The maximum atomic E-state index is 13.8. The molecule has 10 nitrogen and oxygen atoms in total. The van der Waals surface area contributed by atoms with Crippen LogP contribution in [0.3, 0.4) is 0 Å². The minimum Gasteiger partial charge on any atom is -0.496 e. The van der Waals surface area contributed by atoms with E-state index in [4.69, 9.17) is 27.9 Å². The number of carboxylic acid groups (broad SMARTS) is 2. The van der Waals surface area contributed by atoms with Crippen LogP contribution in [0.4, 0.5) is 0 Å². The lowest BCUT2D eigenvalue weighted by molar-refractivity contribution is -0.133. The highest BCUT2D eigenvalue weighted by atomic mass is 35.5. The highest BCUT2D eigenvalue weighted by Crippen LogP contribution is 2.45. The van der Waals surface area contributed by atoms with Crippen LogP contribution in [-0.4, -0.2) is 102 Å². The van der Waals surface area contributed by atoms with E-state index in [0.717, 1.165) is 25.2 Å². The molecule has 2 unspecified atom stereocenters. The van der Waals surface area contributed by atoms with Gasteiger partial charge in [-0.3, -0.25) is 9.69 Å². The summed E-state index contributed by atoms with van der Waals surface area (Å²) in [6.45, 7) is 6.07. The number of fused-ring (bicyclic) bond motifs is 3. The molecule has 4 saturated heterocycles. The van der Waals surface area contributed by atoms with Crippen LogP contribution in [0, 0.1) is 5.92 Å². The van der Waals surface area contributed by atoms with Crippen molar-refractivity contribution in [1.82, 2.24) is 20.0 Å². The van der Waals surface area contributed by atoms with Crippen LogP contribution in [0.1, 0.15) is 42.7 Å². The van der Waals surface area contributed by atoms with Crippen molar-refractivity contribution in [1.29, 1.82) is 0 Å². The summed E-state index contributed by atoms with van der Waals surface area (Å²) in [5, 5.41) is 24.5. The Morgan fingerprint density at radius 1 is 0.851 bits per heavy atom.